The third-order valence-electron chi connectivity index (χ3n) is 3.31. The number of sulfonamides is 1. The number of hydrogen-bond acceptors (Lipinski definition) is 4. The summed E-state index contributed by atoms with van der Waals surface area (Å²) >= 11 is 2.00. The number of nitrogens with one attached hydrogen (secondary N) is 1. The number of anilines is 1. The Kier molecular flexibility index (Phi) is 5.83. The zero-order chi connectivity index (χ0) is 17.9. The van der Waals surface area contributed by atoms with E-state index in [0.29, 0.717) is 20.6 Å². The van der Waals surface area contributed by atoms with Gasteiger partial charge in [-0.15, -0.1) is 0 Å². The monoisotopic (exact) mass is 460 g/mol. The standard InChI is InChI=1S/C16H17IN2O4S/c1-19(2)24(21,22)13-8-9-15(17)14(10-13)16(20)18-11-4-6-12(23-3)7-5-11/h4-10H,1-3H3,(H,18,20). The van der Waals surface area contributed by atoms with Gasteiger partial charge >= 0.3 is 0 Å². The van der Waals surface area contributed by atoms with Gasteiger partial charge in [0, 0.05) is 23.4 Å². The summed E-state index contributed by atoms with van der Waals surface area (Å²) < 4.78 is 31.3. The van der Waals surface area contributed by atoms with Crippen LogP contribution in [0.15, 0.2) is 47.4 Å². The maximum atomic E-state index is 12.5. The SMILES string of the molecule is COc1ccc(NC(=O)c2cc(S(=O)(=O)N(C)C)ccc2I)cc1. The first kappa shape index (κ1) is 18.7. The number of halogens is 1. The molecule has 128 valence electrons. The van der Waals surface area contributed by atoms with Crippen LogP contribution in [0, 0.1) is 3.57 Å². The molecule has 8 heteroatoms. The van der Waals surface area contributed by atoms with E-state index in [4.69, 9.17) is 4.74 Å². The molecule has 1 N–H and O–H groups in total. The van der Waals surface area contributed by atoms with Gasteiger partial charge in [0.25, 0.3) is 5.91 Å². The van der Waals surface area contributed by atoms with Crippen molar-refractivity contribution in [2.75, 3.05) is 26.5 Å². The molecular formula is C16H17IN2O4S. The summed E-state index contributed by atoms with van der Waals surface area (Å²) in [5, 5.41) is 2.75. The Hall–Kier alpha value is -1.65. The van der Waals surface area contributed by atoms with Gasteiger partial charge in [0.05, 0.1) is 17.6 Å². The second-order valence-corrected chi connectivity index (χ2v) is 8.43. The van der Waals surface area contributed by atoms with Gasteiger partial charge in [-0.1, -0.05) is 0 Å². The number of ether oxygens (including phenoxy) is 1. The second-order valence-electron chi connectivity index (χ2n) is 5.11. The molecule has 0 unspecified atom stereocenters. The van der Waals surface area contributed by atoms with Crippen LogP contribution >= 0.6 is 22.6 Å². The first-order valence-electron chi connectivity index (χ1n) is 6.93. The summed E-state index contributed by atoms with van der Waals surface area (Å²) in [7, 11) is 0.862. The molecule has 0 aromatic heterocycles. The number of nitrogens with zero attached hydrogens (tertiary/aromatic N) is 1. The molecule has 1 amide bonds. The molecule has 0 aliphatic carbocycles. The van der Waals surface area contributed by atoms with Gasteiger partial charge in [-0.2, -0.15) is 0 Å². The van der Waals surface area contributed by atoms with Crippen LogP contribution in [0.25, 0.3) is 0 Å². The van der Waals surface area contributed by atoms with Crippen molar-refractivity contribution in [1.82, 2.24) is 4.31 Å². The van der Waals surface area contributed by atoms with Gasteiger partial charge in [-0.3, -0.25) is 4.79 Å². The molecular weight excluding hydrogens is 443 g/mol. The molecule has 0 atom stereocenters. The molecule has 0 fully saturated rings. The van der Waals surface area contributed by atoms with Crippen LogP contribution in [0.4, 0.5) is 5.69 Å². The molecule has 0 spiro atoms. The van der Waals surface area contributed by atoms with Gasteiger partial charge in [0.1, 0.15) is 5.75 Å². The van der Waals surface area contributed by atoms with Crippen molar-refractivity contribution >= 4 is 44.2 Å². The van der Waals surface area contributed by atoms with Gasteiger partial charge in [0.15, 0.2) is 0 Å². The van der Waals surface area contributed by atoms with E-state index in [1.807, 2.05) is 22.6 Å². The lowest BCUT2D eigenvalue weighted by molar-refractivity contribution is 0.102. The molecule has 6 nitrogen and oxygen atoms in total. The predicted molar refractivity (Wildman–Crippen MR) is 101 cm³/mol. The molecule has 0 aliphatic rings. The predicted octanol–water partition coefficient (Wildman–Crippen LogP) is 2.80. The number of rotatable bonds is 5. The largest absolute Gasteiger partial charge is 0.497 e. The Bertz CT molecular complexity index is 849. The van der Waals surface area contributed by atoms with Crippen LogP contribution < -0.4 is 10.1 Å². The van der Waals surface area contributed by atoms with E-state index in [1.165, 1.54) is 26.2 Å². The van der Waals surface area contributed by atoms with Crippen LogP contribution in [0.5, 0.6) is 5.75 Å². The topological polar surface area (TPSA) is 75.7 Å². The molecule has 0 saturated carbocycles. The van der Waals surface area contributed by atoms with E-state index >= 15 is 0 Å². The Morgan fingerprint density at radius 1 is 1.12 bits per heavy atom. The van der Waals surface area contributed by atoms with Crippen LogP contribution in [0.3, 0.4) is 0 Å². The summed E-state index contributed by atoms with van der Waals surface area (Å²) in [6, 6.07) is 11.4. The van der Waals surface area contributed by atoms with E-state index in [1.54, 1.807) is 37.4 Å². The summed E-state index contributed by atoms with van der Waals surface area (Å²) in [5.41, 5.74) is 0.895. The minimum absolute atomic E-state index is 0.0767. The van der Waals surface area contributed by atoms with Crippen molar-refractivity contribution in [2.24, 2.45) is 0 Å². The third kappa shape index (κ3) is 4.05. The lowest BCUT2D eigenvalue weighted by atomic mass is 10.2. The van der Waals surface area contributed by atoms with Crippen LogP contribution in [0.1, 0.15) is 10.4 Å². The van der Waals surface area contributed by atoms with Crippen molar-refractivity contribution in [2.45, 2.75) is 4.90 Å². The first-order valence-corrected chi connectivity index (χ1v) is 9.45. The zero-order valence-corrected chi connectivity index (χ0v) is 16.4. The second kappa shape index (κ2) is 7.49. The minimum Gasteiger partial charge on any atom is -0.497 e. The van der Waals surface area contributed by atoms with Gasteiger partial charge < -0.3 is 10.1 Å². The quantitative estimate of drug-likeness (QED) is 0.697. The average Bonchev–Trinajstić information content (AvgIpc) is 2.55. The van der Waals surface area contributed by atoms with Gasteiger partial charge in [-0.05, 0) is 65.1 Å². The van der Waals surface area contributed by atoms with Gasteiger partial charge in [0.2, 0.25) is 10.0 Å². The highest BCUT2D eigenvalue weighted by atomic mass is 127. The van der Waals surface area contributed by atoms with Crippen LogP contribution in [0.2, 0.25) is 0 Å². The Morgan fingerprint density at radius 3 is 2.29 bits per heavy atom. The lowest BCUT2D eigenvalue weighted by Gasteiger charge is -2.13. The van der Waals surface area contributed by atoms with Crippen molar-refractivity contribution in [3.8, 4) is 5.75 Å². The number of hydrogen-bond donors (Lipinski definition) is 1. The van der Waals surface area contributed by atoms with E-state index < -0.39 is 10.0 Å². The summed E-state index contributed by atoms with van der Waals surface area (Å²) in [6.45, 7) is 0. The molecule has 2 rings (SSSR count). The molecule has 2 aromatic rings. The van der Waals surface area contributed by atoms with Crippen LogP contribution in [-0.2, 0) is 10.0 Å². The summed E-state index contributed by atoms with van der Waals surface area (Å²) in [6.07, 6.45) is 0. The Balaban J connectivity index is 2.31. The zero-order valence-electron chi connectivity index (χ0n) is 13.4. The highest BCUT2D eigenvalue weighted by Crippen LogP contribution is 2.22. The molecule has 0 aliphatic heterocycles. The maximum Gasteiger partial charge on any atom is 0.256 e. The normalized spacial score (nSPS) is 11.4. The Labute approximate surface area is 155 Å². The molecule has 0 heterocycles. The van der Waals surface area contributed by atoms with E-state index in [0.717, 1.165) is 4.31 Å². The Morgan fingerprint density at radius 2 is 1.75 bits per heavy atom. The molecule has 0 bridgehead atoms. The molecule has 0 radical (unpaired) electrons. The van der Waals surface area contributed by atoms with E-state index in [9.17, 15) is 13.2 Å². The van der Waals surface area contributed by atoms with Crippen molar-refractivity contribution in [1.29, 1.82) is 0 Å². The molecule has 0 saturated heterocycles. The van der Waals surface area contributed by atoms with E-state index in [2.05, 4.69) is 5.32 Å². The maximum absolute atomic E-state index is 12.5. The average molecular weight is 460 g/mol. The number of methoxy groups -OCH3 is 1. The fourth-order valence-electron chi connectivity index (χ4n) is 1.92. The fraction of sp³-hybridized carbons (Fsp3) is 0.188. The minimum atomic E-state index is -3.60. The van der Waals surface area contributed by atoms with Crippen molar-refractivity contribution in [3.05, 3.63) is 51.6 Å². The number of benzene rings is 2. The highest BCUT2D eigenvalue weighted by Gasteiger charge is 2.20. The fourth-order valence-corrected chi connectivity index (χ4v) is 3.43. The summed E-state index contributed by atoms with van der Waals surface area (Å²) in [4.78, 5) is 12.6. The van der Waals surface area contributed by atoms with E-state index in [-0.39, 0.29) is 10.8 Å². The van der Waals surface area contributed by atoms with Crippen molar-refractivity contribution < 1.29 is 17.9 Å². The van der Waals surface area contributed by atoms with Gasteiger partial charge in [-0.25, -0.2) is 12.7 Å². The first-order chi connectivity index (χ1) is 11.3. The number of carbonyl (C=O) groups is 1. The third-order valence-corrected chi connectivity index (χ3v) is 6.06. The smallest absolute Gasteiger partial charge is 0.256 e. The van der Waals surface area contributed by atoms with Crippen molar-refractivity contribution in [3.63, 3.8) is 0 Å². The lowest BCUT2D eigenvalue weighted by Crippen LogP contribution is -2.23. The number of amides is 1. The number of carbonyl (C=O) groups excluding carboxylic acids is 1. The summed E-state index contributed by atoms with van der Waals surface area (Å²) in [5.74, 6) is 0.307. The molecule has 24 heavy (non-hydrogen) atoms. The highest BCUT2D eigenvalue weighted by molar-refractivity contribution is 14.1. The molecule has 2 aromatic carbocycles. The van der Waals surface area contributed by atoms with Crippen LogP contribution in [-0.4, -0.2) is 39.8 Å².